The first kappa shape index (κ1) is 18.2. The van der Waals surface area contributed by atoms with Gasteiger partial charge in [0.1, 0.15) is 11.9 Å². The second kappa shape index (κ2) is 7.32. The van der Waals surface area contributed by atoms with Gasteiger partial charge in [-0.25, -0.2) is 4.98 Å². The van der Waals surface area contributed by atoms with Crippen LogP contribution >= 0.6 is 0 Å². The normalized spacial score (nSPS) is 17.0. The molecule has 0 spiro atoms. The summed E-state index contributed by atoms with van der Waals surface area (Å²) in [7, 11) is 0. The van der Waals surface area contributed by atoms with Crippen molar-refractivity contribution in [3.05, 3.63) is 22.4 Å². The molecule has 1 aliphatic carbocycles. The van der Waals surface area contributed by atoms with Crippen molar-refractivity contribution in [3.8, 4) is 6.07 Å². The number of primary amides is 1. The Kier molecular flexibility index (Phi) is 5.12. The summed E-state index contributed by atoms with van der Waals surface area (Å²) in [5, 5.41) is 9.81. The molecule has 1 aromatic rings. The van der Waals surface area contributed by atoms with Crippen molar-refractivity contribution in [2.24, 2.45) is 5.73 Å². The Balaban J connectivity index is 1.93. The zero-order valence-corrected chi connectivity index (χ0v) is 15.4. The largest absolute Gasteiger partial charge is 0.361 e. The first-order valence-corrected chi connectivity index (χ1v) is 9.23. The van der Waals surface area contributed by atoms with Gasteiger partial charge in [0.25, 0.3) is 0 Å². The summed E-state index contributed by atoms with van der Waals surface area (Å²) in [4.78, 5) is 31.3. The van der Waals surface area contributed by atoms with E-state index < -0.39 is 11.8 Å². The Morgan fingerprint density at radius 3 is 2.27 bits per heavy atom. The number of fused-ring (bicyclic) bond motifs is 1. The predicted octanol–water partition coefficient (Wildman–Crippen LogP) is 1.09. The average molecular weight is 355 g/mol. The van der Waals surface area contributed by atoms with Gasteiger partial charge in [-0.2, -0.15) is 5.26 Å². The van der Waals surface area contributed by atoms with Crippen LogP contribution in [0.3, 0.4) is 0 Å². The van der Waals surface area contributed by atoms with Crippen molar-refractivity contribution in [2.45, 2.75) is 45.4 Å². The maximum Gasteiger partial charge on any atom is 0.311 e. The second-order valence-corrected chi connectivity index (χ2v) is 7.27. The molecule has 1 fully saturated rings. The Morgan fingerprint density at radius 2 is 1.73 bits per heavy atom. The molecule has 2 amide bonds. The molecule has 1 aromatic heterocycles. The fraction of sp³-hybridized carbons (Fsp3) is 0.579. The van der Waals surface area contributed by atoms with Crippen LogP contribution < -0.4 is 10.6 Å². The number of nitriles is 1. The minimum atomic E-state index is -0.926. The van der Waals surface area contributed by atoms with E-state index in [2.05, 4.69) is 24.8 Å². The smallest absolute Gasteiger partial charge is 0.311 e. The lowest BCUT2D eigenvalue weighted by molar-refractivity contribution is -0.144. The highest BCUT2D eigenvalue weighted by molar-refractivity contribution is 6.34. The van der Waals surface area contributed by atoms with E-state index in [0.717, 1.165) is 42.8 Å². The number of hydrogen-bond donors (Lipinski definition) is 1. The Hall–Kier alpha value is -2.62. The SMILES string of the molecule is CC(C)c1nc(N2CCN(C(=O)C(N)=O)CC2)c(C#N)c2c1CCCC2. The first-order valence-electron chi connectivity index (χ1n) is 9.23. The van der Waals surface area contributed by atoms with E-state index in [4.69, 9.17) is 10.7 Å². The summed E-state index contributed by atoms with van der Waals surface area (Å²) in [6.45, 7) is 6.16. The minimum absolute atomic E-state index is 0.297. The van der Waals surface area contributed by atoms with E-state index in [-0.39, 0.29) is 0 Å². The predicted molar refractivity (Wildman–Crippen MR) is 97.7 cm³/mol. The fourth-order valence-corrected chi connectivity index (χ4v) is 3.94. The van der Waals surface area contributed by atoms with Crippen LogP contribution in [-0.2, 0) is 22.4 Å². The molecule has 0 atom stereocenters. The van der Waals surface area contributed by atoms with Gasteiger partial charge in [-0.05, 0) is 42.7 Å². The van der Waals surface area contributed by atoms with Crippen LogP contribution in [0.2, 0.25) is 0 Å². The van der Waals surface area contributed by atoms with Gasteiger partial charge in [-0.1, -0.05) is 13.8 Å². The number of rotatable bonds is 2. The molecule has 0 unspecified atom stereocenters. The summed E-state index contributed by atoms with van der Waals surface area (Å²) in [6.07, 6.45) is 4.16. The molecule has 0 aromatic carbocycles. The van der Waals surface area contributed by atoms with Crippen LogP contribution in [0.4, 0.5) is 5.82 Å². The van der Waals surface area contributed by atoms with Crippen LogP contribution in [0, 0.1) is 11.3 Å². The fourth-order valence-electron chi connectivity index (χ4n) is 3.94. The van der Waals surface area contributed by atoms with Gasteiger partial charge in [0, 0.05) is 31.9 Å². The number of piperazine rings is 1. The lowest BCUT2D eigenvalue weighted by Crippen LogP contribution is -2.52. The molecule has 26 heavy (non-hydrogen) atoms. The van der Waals surface area contributed by atoms with Gasteiger partial charge < -0.3 is 15.5 Å². The third-order valence-electron chi connectivity index (χ3n) is 5.26. The number of pyridine rings is 1. The van der Waals surface area contributed by atoms with Crippen LogP contribution in [0.25, 0.3) is 0 Å². The zero-order valence-electron chi connectivity index (χ0n) is 15.4. The number of nitrogens with two attached hydrogens (primary N) is 1. The summed E-state index contributed by atoms with van der Waals surface area (Å²) >= 11 is 0. The van der Waals surface area contributed by atoms with E-state index in [9.17, 15) is 14.9 Å². The molecule has 1 saturated heterocycles. The molecule has 2 aliphatic rings. The summed E-state index contributed by atoms with van der Waals surface area (Å²) < 4.78 is 0. The van der Waals surface area contributed by atoms with Crippen LogP contribution in [0.15, 0.2) is 0 Å². The molecular weight excluding hydrogens is 330 g/mol. The van der Waals surface area contributed by atoms with Crippen molar-refractivity contribution >= 4 is 17.6 Å². The van der Waals surface area contributed by atoms with Crippen LogP contribution in [0.5, 0.6) is 0 Å². The minimum Gasteiger partial charge on any atom is -0.361 e. The molecule has 0 radical (unpaired) electrons. The molecular formula is C19H25N5O2. The first-order chi connectivity index (χ1) is 12.4. The van der Waals surface area contributed by atoms with Gasteiger partial charge in [-0.3, -0.25) is 9.59 Å². The number of nitrogens with zero attached hydrogens (tertiary/aromatic N) is 4. The maximum atomic E-state index is 11.8. The number of hydrogen-bond acceptors (Lipinski definition) is 5. The Bertz CT molecular complexity index is 773. The lowest BCUT2D eigenvalue weighted by Gasteiger charge is -2.36. The lowest BCUT2D eigenvalue weighted by atomic mass is 9.85. The van der Waals surface area contributed by atoms with Crippen LogP contribution in [-0.4, -0.2) is 47.9 Å². The standard InChI is InChI=1S/C19H25N5O2/c1-12(2)16-14-6-4-3-5-13(14)15(11-20)18(22-16)23-7-9-24(10-8-23)19(26)17(21)25/h12H,3-10H2,1-2H3,(H2,21,25). The highest BCUT2D eigenvalue weighted by atomic mass is 16.2. The maximum absolute atomic E-state index is 11.8. The highest BCUT2D eigenvalue weighted by Gasteiger charge is 2.29. The van der Waals surface area contributed by atoms with E-state index in [1.54, 1.807) is 0 Å². The van der Waals surface area contributed by atoms with Gasteiger partial charge >= 0.3 is 11.8 Å². The van der Waals surface area contributed by atoms with E-state index in [1.165, 1.54) is 10.5 Å². The number of carbonyl (C=O) groups is 2. The topological polar surface area (TPSA) is 103 Å². The second-order valence-electron chi connectivity index (χ2n) is 7.27. The summed E-state index contributed by atoms with van der Waals surface area (Å²) in [5.74, 6) is -0.550. The summed E-state index contributed by atoms with van der Waals surface area (Å²) in [5.41, 5.74) is 9.27. The van der Waals surface area contributed by atoms with E-state index in [1.807, 2.05) is 0 Å². The molecule has 0 saturated carbocycles. The van der Waals surface area contributed by atoms with Gasteiger partial charge in [0.2, 0.25) is 0 Å². The van der Waals surface area contributed by atoms with Crippen molar-refractivity contribution in [1.82, 2.24) is 9.88 Å². The van der Waals surface area contributed by atoms with E-state index in [0.29, 0.717) is 37.7 Å². The van der Waals surface area contributed by atoms with Crippen LogP contribution in [0.1, 0.15) is 55.0 Å². The molecule has 2 N–H and O–H groups in total. The molecule has 1 aliphatic heterocycles. The number of anilines is 1. The third kappa shape index (κ3) is 3.24. The average Bonchev–Trinajstić information content (AvgIpc) is 2.65. The van der Waals surface area contributed by atoms with Gasteiger partial charge in [0.05, 0.1) is 5.56 Å². The monoisotopic (exact) mass is 355 g/mol. The van der Waals surface area contributed by atoms with Crippen molar-refractivity contribution < 1.29 is 9.59 Å². The van der Waals surface area contributed by atoms with E-state index >= 15 is 0 Å². The number of amides is 2. The highest BCUT2D eigenvalue weighted by Crippen LogP contribution is 2.35. The number of carbonyl (C=O) groups excluding carboxylic acids is 2. The molecule has 2 heterocycles. The molecule has 0 bridgehead atoms. The molecule has 7 nitrogen and oxygen atoms in total. The summed E-state index contributed by atoms with van der Waals surface area (Å²) in [6, 6.07) is 2.38. The Morgan fingerprint density at radius 1 is 1.12 bits per heavy atom. The van der Waals surface area contributed by atoms with Crippen molar-refractivity contribution in [2.75, 3.05) is 31.1 Å². The van der Waals surface area contributed by atoms with Gasteiger partial charge in [-0.15, -0.1) is 0 Å². The molecule has 138 valence electrons. The van der Waals surface area contributed by atoms with Crippen molar-refractivity contribution in [3.63, 3.8) is 0 Å². The number of aromatic nitrogens is 1. The zero-order chi connectivity index (χ0) is 18.8. The van der Waals surface area contributed by atoms with Gasteiger partial charge in [0.15, 0.2) is 0 Å². The van der Waals surface area contributed by atoms with Crippen molar-refractivity contribution in [1.29, 1.82) is 5.26 Å². The molecule has 3 rings (SSSR count). The Labute approximate surface area is 153 Å². The molecule has 7 heteroatoms. The quantitative estimate of drug-likeness (QED) is 0.800. The third-order valence-corrected chi connectivity index (χ3v) is 5.26.